The average molecular weight is 331 g/mol. The molecule has 0 aliphatic heterocycles. The Kier molecular flexibility index (Phi) is 6.35. The monoisotopic (exact) mass is 331 g/mol. The minimum Gasteiger partial charge on any atom is -0.368 e. The molecule has 1 aromatic carbocycles. The second kappa shape index (κ2) is 8.47. The van der Waals surface area contributed by atoms with E-state index < -0.39 is 11.9 Å². The van der Waals surface area contributed by atoms with E-state index in [-0.39, 0.29) is 30.7 Å². The van der Waals surface area contributed by atoms with Crippen molar-refractivity contribution in [3.63, 3.8) is 0 Å². The Hall–Kier alpha value is -2.37. The molecule has 24 heavy (non-hydrogen) atoms. The molecule has 0 bridgehead atoms. The highest BCUT2D eigenvalue weighted by Crippen LogP contribution is 2.33. The smallest absolute Gasteiger partial charge is 0.240 e. The fraction of sp³-hybridized carbons (Fsp3) is 0.500. The number of benzene rings is 1. The fourth-order valence-electron chi connectivity index (χ4n) is 2.57. The Morgan fingerprint density at radius 1 is 1.08 bits per heavy atom. The third-order valence-corrected chi connectivity index (χ3v) is 4.20. The molecule has 6 nitrogen and oxygen atoms in total. The highest BCUT2D eigenvalue weighted by atomic mass is 16.2. The standard InChI is InChI=1S/C18H25N3O3/c1-12(14-5-3-2-4-6-14)20-16(22)9-10-17(23)21-15(18(19)24)11-13-7-8-13/h2-6,12-13,15H,7-11H2,1H3,(H2,19,24)(H,20,22)(H,21,23)/t12-,15+/m1/s1. The molecule has 3 amide bonds. The van der Waals surface area contributed by atoms with Crippen LogP contribution in [-0.2, 0) is 14.4 Å². The van der Waals surface area contributed by atoms with Crippen LogP contribution in [0.3, 0.4) is 0 Å². The van der Waals surface area contributed by atoms with Gasteiger partial charge in [-0.15, -0.1) is 0 Å². The van der Waals surface area contributed by atoms with Crippen LogP contribution in [0.2, 0.25) is 0 Å². The SMILES string of the molecule is C[C@@H](NC(=O)CCC(=O)N[C@@H](CC1CC1)C(N)=O)c1ccccc1. The van der Waals surface area contributed by atoms with Gasteiger partial charge in [0, 0.05) is 12.8 Å². The van der Waals surface area contributed by atoms with Gasteiger partial charge in [0.05, 0.1) is 6.04 Å². The van der Waals surface area contributed by atoms with E-state index in [4.69, 9.17) is 5.73 Å². The molecule has 2 atom stereocenters. The Bertz CT molecular complexity index is 584. The summed E-state index contributed by atoms with van der Waals surface area (Å²) in [6, 6.07) is 8.87. The van der Waals surface area contributed by atoms with Gasteiger partial charge < -0.3 is 16.4 Å². The molecule has 0 aromatic heterocycles. The van der Waals surface area contributed by atoms with Gasteiger partial charge in [-0.3, -0.25) is 14.4 Å². The molecule has 0 saturated heterocycles. The van der Waals surface area contributed by atoms with Crippen molar-refractivity contribution in [1.29, 1.82) is 0 Å². The number of nitrogens with one attached hydrogen (secondary N) is 2. The van der Waals surface area contributed by atoms with Crippen LogP contribution in [0.1, 0.15) is 50.6 Å². The number of hydrogen-bond acceptors (Lipinski definition) is 3. The summed E-state index contributed by atoms with van der Waals surface area (Å²) in [5.41, 5.74) is 6.32. The molecule has 1 aromatic rings. The van der Waals surface area contributed by atoms with Crippen molar-refractivity contribution in [3.8, 4) is 0 Å². The molecule has 1 aliphatic rings. The van der Waals surface area contributed by atoms with Gasteiger partial charge in [-0.25, -0.2) is 0 Å². The first kappa shape index (κ1) is 18.0. The fourth-order valence-corrected chi connectivity index (χ4v) is 2.57. The van der Waals surface area contributed by atoms with E-state index in [1.165, 1.54) is 0 Å². The maximum Gasteiger partial charge on any atom is 0.240 e. The van der Waals surface area contributed by atoms with Crippen LogP contribution in [0, 0.1) is 5.92 Å². The number of nitrogens with two attached hydrogens (primary N) is 1. The first-order valence-corrected chi connectivity index (χ1v) is 8.38. The average Bonchev–Trinajstić information content (AvgIpc) is 3.37. The molecule has 0 unspecified atom stereocenters. The molecule has 4 N–H and O–H groups in total. The van der Waals surface area contributed by atoms with E-state index in [1.807, 2.05) is 37.3 Å². The van der Waals surface area contributed by atoms with Gasteiger partial charge in [0.1, 0.15) is 6.04 Å². The Morgan fingerprint density at radius 2 is 1.67 bits per heavy atom. The van der Waals surface area contributed by atoms with E-state index in [1.54, 1.807) is 0 Å². The zero-order chi connectivity index (χ0) is 17.5. The first-order chi connectivity index (χ1) is 11.5. The number of hydrogen-bond donors (Lipinski definition) is 3. The summed E-state index contributed by atoms with van der Waals surface area (Å²) in [6.45, 7) is 1.89. The minimum atomic E-state index is -0.628. The van der Waals surface area contributed by atoms with Crippen molar-refractivity contribution in [2.45, 2.75) is 51.1 Å². The molecule has 0 radical (unpaired) electrons. The molecule has 130 valence electrons. The quantitative estimate of drug-likeness (QED) is 0.637. The van der Waals surface area contributed by atoms with E-state index in [9.17, 15) is 14.4 Å². The molecule has 0 spiro atoms. The largest absolute Gasteiger partial charge is 0.368 e. The molecule has 6 heteroatoms. The number of carbonyl (C=O) groups is 3. The second-order valence-corrected chi connectivity index (χ2v) is 6.40. The highest BCUT2D eigenvalue weighted by Gasteiger charge is 2.29. The van der Waals surface area contributed by atoms with Crippen molar-refractivity contribution in [2.75, 3.05) is 0 Å². The third kappa shape index (κ3) is 6.02. The summed E-state index contributed by atoms with van der Waals surface area (Å²) < 4.78 is 0. The number of primary amides is 1. The van der Waals surface area contributed by atoms with E-state index in [2.05, 4.69) is 10.6 Å². The number of carbonyl (C=O) groups excluding carboxylic acids is 3. The first-order valence-electron chi connectivity index (χ1n) is 8.38. The zero-order valence-corrected chi connectivity index (χ0v) is 14.0. The van der Waals surface area contributed by atoms with Crippen LogP contribution in [0.15, 0.2) is 30.3 Å². The third-order valence-electron chi connectivity index (χ3n) is 4.20. The summed E-state index contributed by atoms with van der Waals surface area (Å²) in [6.07, 6.45) is 2.89. The van der Waals surface area contributed by atoms with Gasteiger partial charge in [-0.2, -0.15) is 0 Å². The molecule has 1 aliphatic carbocycles. The molecule has 1 saturated carbocycles. The zero-order valence-electron chi connectivity index (χ0n) is 14.0. The van der Waals surface area contributed by atoms with Crippen molar-refractivity contribution in [2.24, 2.45) is 11.7 Å². The lowest BCUT2D eigenvalue weighted by atomic mass is 10.1. The second-order valence-electron chi connectivity index (χ2n) is 6.40. The number of amides is 3. The molecule has 1 fully saturated rings. The van der Waals surface area contributed by atoms with Gasteiger partial charge in [0.2, 0.25) is 17.7 Å². The lowest BCUT2D eigenvalue weighted by Crippen LogP contribution is -2.45. The van der Waals surface area contributed by atoms with Gasteiger partial charge in [0.15, 0.2) is 0 Å². The highest BCUT2D eigenvalue weighted by molar-refractivity contribution is 5.88. The van der Waals surface area contributed by atoms with E-state index in [0.717, 1.165) is 18.4 Å². The van der Waals surface area contributed by atoms with E-state index >= 15 is 0 Å². The van der Waals surface area contributed by atoms with Crippen LogP contribution in [0.4, 0.5) is 0 Å². The van der Waals surface area contributed by atoms with Gasteiger partial charge >= 0.3 is 0 Å². The lowest BCUT2D eigenvalue weighted by molar-refractivity contribution is -0.129. The van der Waals surface area contributed by atoms with Crippen LogP contribution in [0.5, 0.6) is 0 Å². The molecule has 2 rings (SSSR count). The summed E-state index contributed by atoms with van der Waals surface area (Å²) in [5.74, 6) is -0.545. The molecular weight excluding hydrogens is 306 g/mol. The van der Waals surface area contributed by atoms with Crippen LogP contribution in [-0.4, -0.2) is 23.8 Å². The van der Waals surface area contributed by atoms with Crippen molar-refractivity contribution in [1.82, 2.24) is 10.6 Å². The van der Waals surface area contributed by atoms with Crippen molar-refractivity contribution in [3.05, 3.63) is 35.9 Å². The number of rotatable bonds is 9. The van der Waals surface area contributed by atoms with Gasteiger partial charge in [-0.05, 0) is 24.8 Å². The van der Waals surface area contributed by atoms with Crippen LogP contribution >= 0.6 is 0 Å². The predicted molar refractivity (Wildman–Crippen MR) is 90.7 cm³/mol. The van der Waals surface area contributed by atoms with Gasteiger partial charge in [0.25, 0.3) is 0 Å². The van der Waals surface area contributed by atoms with Crippen LogP contribution in [0.25, 0.3) is 0 Å². The maximum absolute atomic E-state index is 12.0. The summed E-state index contributed by atoms with van der Waals surface area (Å²) >= 11 is 0. The maximum atomic E-state index is 12.0. The lowest BCUT2D eigenvalue weighted by Gasteiger charge is -2.16. The predicted octanol–water partition coefficient (Wildman–Crippen LogP) is 1.41. The Labute approximate surface area is 142 Å². The Balaban J connectivity index is 1.72. The molecular formula is C18H25N3O3. The van der Waals surface area contributed by atoms with E-state index in [0.29, 0.717) is 12.3 Å². The summed E-state index contributed by atoms with van der Waals surface area (Å²) in [4.78, 5) is 35.2. The summed E-state index contributed by atoms with van der Waals surface area (Å²) in [5, 5.41) is 5.49. The Morgan fingerprint density at radius 3 is 2.21 bits per heavy atom. The van der Waals surface area contributed by atoms with Crippen LogP contribution < -0.4 is 16.4 Å². The normalized spacial score (nSPS) is 16.0. The van der Waals surface area contributed by atoms with Gasteiger partial charge in [-0.1, -0.05) is 43.2 Å². The minimum absolute atomic E-state index is 0.0434. The summed E-state index contributed by atoms with van der Waals surface area (Å²) in [7, 11) is 0. The van der Waals surface area contributed by atoms with Crippen molar-refractivity contribution >= 4 is 17.7 Å². The van der Waals surface area contributed by atoms with Crippen molar-refractivity contribution < 1.29 is 14.4 Å². The topological polar surface area (TPSA) is 101 Å². The molecule has 0 heterocycles.